The number of nitrogens with zero attached hydrogens (tertiary/aromatic N) is 2. The van der Waals surface area contributed by atoms with Gasteiger partial charge in [-0.1, -0.05) is 191 Å². The van der Waals surface area contributed by atoms with E-state index < -0.39 is 0 Å². The van der Waals surface area contributed by atoms with E-state index in [0.717, 1.165) is 88.7 Å². The van der Waals surface area contributed by atoms with Crippen LogP contribution in [0.2, 0.25) is 0 Å². The highest BCUT2D eigenvalue weighted by Gasteiger charge is 2.23. The van der Waals surface area contributed by atoms with E-state index in [0.29, 0.717) is 0 Å². The summed E-state index contributed by atoms with van der Waals surface area (Å²) in [6.45, 7) is 6.80. The summed E-state index contributed by atoms with van der Waals surface area (Å²) in [5.74, 6) is 0. The lowest BCUT2D eigenvalue weighted by Gasteiger charge is -2.30. The Morgan fingerprint density at radius 2 is 0.696 bits per heavy atom. The van der Waals surface area contributed by atoms with Crippen LogP contribution in [-0.2, 0) is 5.41 Å². The molecule has 3 heteroatoms. The van der Waals surface area contributed by atoms with Crippen molar-refractivity contribution in [2.45, 2.75) is 26.2 Å². The van der Waals surface area contributed by atoms with Crippen molar-refractivity contribution in [1.82, 2.24) is 0 Å². The van der Waals surface area contributed by atoms with Crippen molar-refractivity contribution >= 4 is 77.6 Å². The maximum atomic E-state index is 6.84. The Kier molecular flexibility index (Phi) is 10.4. The molecule has 0 amide bonds. The van der Waals surface area contributed by atoms with Crippen molar-refractivity contribution in [3.8, 4) is 33.4 Å². The molecular weight excluding hydrogens is 837 g/mol. The van der Waals surface area contributed by atoms with Crippen LogP contribution in [0.15, 0.2) is 253 Å². The third-order valence-corrected chi connectivity index (χ3v) is 13.6. The summed E-state index contributed by atoms with van der Waals surface area (Å²) in [6, 6.07) is 89.9. The van der Waals surface area contributed by atoms with Gasteiger partial charge >= 0.3 is 0 Å². The van der Waals surface area contributed by atoms with Gasteiger partial charge in [-0.2, -0.15) is 0 Å². The van der Waals surface area contributed by atoms with Gasteiger partial charge in [0.05, 0.1) is 17.1 Å². The number of rotatable bonds is 9. The molecule has 3 nitrogen and oxygen atoms in total. The van der Waals surface area contributed by atoms with Crippen LogP contribution in [0.5, 0.6) is 0 Å². The molecule has 0 bridgehead atoms. The van der Waals surface area contributed by atoms with Crippen LogP contribution in [-0.4, -0.2) is 0 Å². The van der Waals surface area contributed by atoms with Gasteiger partial charge in [0.2, 0.25) is 0 Å². The fraction of sp³-hybridized carbons (Fsp3) is 0.0606. The van der Waals surface area contributed by atoms with Crippen LogP contribution >= 0.6 is 0 Å². The van der Waals surface area contributed by atoms with Crippen molar-refractivity contribution in [2.24, 2.45) is 0 Å². The van der Waals surface area contributed by atoms with E-state index in [4.69, 9.17) is 4.42 Å². The Balaban J connectivity index is 0.985. The first-order chi connectivity index (χ1) is 33.8. The molecule has 0 saturated carbocycles. The molecule has 0 saturated heterocycles. The fourth-order valence-corrected chi connectivity index (χ4v) is 10.1. The number of furan rings is 1. The van der Waals surface area contributed by atoms with Gasteiger partial charge < -0.3 is 14.2 Å². The zero-order valence-electron chi connectivity index (χ0n) is 39.0. The molecule has 11 aromatic carbocycles. The molecule has 12 rings (SSSR count). The molecule has 1 heterocycles. The molecule has 0 atom stereocenters. The number of hydrogen-bond donors (Lipinski definition) is 0. The predicted molar refractivity (Wildman–Crippen MR) is 293 cm³/mol. The lowest BCUT2D eigenvalue weighted by atomic mass is 9.86. The van der Waals surface area contributed by atoms with Crippen molar-refractivity contribution in [2.75, 3.05) is 9.80 Å². The lowest BCUT2D eigenvalue weighted by molar-refractivity contribution is 0.590. The number of benzene rings is 11. The van der Waals surface area contributed by atoms with Crippen LogP contribution in [0.25, 0.3) is 76.9 Å². The highest BCUT2D eigenvalue weighted by Crippen LogP contribution is 2.47. The summed E-state index contributed by atoms with van der Waals surface area (Å²) < 4.78 is 6.84. The van der Waals surface area contributed by atoms with Crippen LogP contribution in [0.3, 0.4) is 0 Å². The van der Waals surface area contributed by atoms with Gasteiger partial charge in [0.15, 0.2) is 0 Å². The zero-order valence-corrected chi connectivity index (χ0v) is 39.0. The highest BCUT2D eigenvalue weighted by atomic mass is 16.3. The van der Waals surface area contributed by atoms with Crippen molar-refractivity contribution in [3.05, 3.63) is 254 Å². The van der Waals surface area contributed by atoms with E-state index in [2.05, 4.69) is 279 Å². The Hall–Kier alpha value is -8.66. The maximum absolute atomic E-state index is 6.84. The van der Waals surface area contributed by atoms with Gasteiger partial charge in [-0.25, -0.2) is 0 Å². The summed E-state index contributed by atoms with van der Waals surface area (Å²) in [7, 11) is 0. The SMILES string of the molecule is CC(C)(C)c1ccc(-c2ccccc2N(c2ccc3cc4c(cc3c2)oc2cc3cc(N(c5ccccc5)c5ccccc5-c5ccccc5)ccc3cc24)c2ccccc2-c2ccccc2)cc1. The van der Waals surface area contributed by atoms with Gasteiger partial charge in [-0.05, 0) is 128 Å². The molecule has 1 aromatic heterocycles. The standard InChI is InChI=1S/C66H50N2O/c1-66(2,3)52-35-31-47(32-36-52)58-27-15-18-30-63(58)68(62-29-17-14-26-57(62)46-21-9-5-10-22-46)55-38-34-49-42-60-59-41-48-33-37-54(39-50(48)43-64(59)69-65(60)44-51(49)40-55)67(53-23-11-6-12-24-53)61-28-16-13-25-56(61)45-19-7-4-8-20-45/h4-44H,1-3H3. The second-order valence-corrected chi connectivity index (χ2v) is 19.0. The normalized spacial score (nSPS) is 11.7. The van der Waals surface area contributed by atoms with Gasteiger partial charge in [-0.3, -0.25) is 0 Å². The van der Waals surface area contributed by atoms with Crippen molar-refractivity contribution < 1.29 is 4.42 Å². The minimum atomic E-state index is 0.0623. The number of fused-ring (bicyclic) bond motifs is 5. The second-order valence-electron chi connectivity index (χ2n) is 19.0. The summed E-state index contributed by atoms with van der Waals surface area (Å²) in [5, 5.41) is 6.75. The number of hydrogen-bond acceptors (Lipinski definition) is 3. The third kappa shape index (κ3) is 7.78. The first kappa shape index (κ1) is 41.7. The minimum absolute atomic E-state index is 0.0623. The van der Waals surface area contributed by atoms with E-state index in [9.17, 15) is 0 Å². The maximum Gasteiger partial charge on any atom is 0.136 e. The molecule has 330 valence electrons. The van der Waals surface area contributed by atoms with Crippen molar-refractivity contribution in [1.29, 1.82) is 0 Å². The average molecular weight is 887 g/mol. The largest absolute Gasteiger partial charge is 0.456 e. The Morgan fingerprint density at radius 3 is 1.16 bits per heavy atom. The monoisotopic (exact) mass is 886 g/mol. The first-order valence-electron chi connectivity index (χ1n) is 23.8. The quantitative estimate of drug-likeness (QED) is 0.144. The van der Waals surface area contributed by atoms with E-state index in [1.165, 1.54) is 27.8 Å². The van der Waals surface area contributed by atoms with Crippen LogP contribution in [0, 0.1) is 0 Å². The molecule has 0 unspecified atom stereocenters. The molecule has 0 fully saturated rings. The summed E-state index contributed by atoms with van der Waals surface area (Å²) in [6.07, 6.45) is 0. The van der Waals surface area contributed by atoms with E-state index in [1.807, 2.05) is 0 Å². The summed E-state index contributed by atoms with van der Waals surface area (Å²) in [4.78, 5) is 4.79. The Labute approximate surface area is 403 Å². The molecular formula is C66H50N2O. The molecule has 0 radical (unpaired) electrons. The van der Waals surface area contributed by atoms with Crippen molar-refractivity contribution in [3.63, 3.8) is 0 Å². The van der Waals surface area contributed by atoms with Crippen LogP contribution in [0.1, 0.15) is 26.3 Å². The van der Waals surface area contributed by atoms with Gasteiger partial charge in [0.25, 0.3) is 0 Å². The molecule has 0 aliphatic heterocycles. The molecule has 0 aliphatic rings. The van der Waals surface area contributed by atoms with Crippen LogP contribution < -0.4 is 9.80 Å². The van der Waals surface area contributed by atoms with E-state index >= 15 is 0 Å². The Morgan fingerprint density at radius 1 is 0.304 bits per heavy atom. The van der Waals surface area contributed by atoms with Crippen LogP contribution in [0.4, 0.5) is 34.1 Å². The number of anilines is 6. The minimum Gasteiger partial charge on any atom is -0.456 e. The first-order valence-corrected chi connectivity index (χ1v) is 23.8. The average Bonchev–Trinajstić information content (AvgIpc) is 3.74. The molecule has 69 heavy (non-hydrogen) atoms. The molecule has 0 N–H and O–H groups in total. The predicted octanol–water partition coefficient (Wildman–Crippen LogP) is 19.1. The molecule has 0 spiro atoms. The summed E-state index contributed by atoms with van der Waals surface area (Å²) >= 11 is 0. The topological polar surface area (TPSA) is 19.6 Å². The smallest absolute Gasteiger partial charge is 0.136 e. The molecule has 0 aliphatic carbocycles. The van der Waals surface area contributed by atoms with Gasteiger partial charge in [0, 0.05) is 44.5 Å². The highest BCUT2D eigenvalue weighted by molar-refractivity contribution is 6.14. The fourth-order valence-electron chi connectivity index (χ4n) is 10.1. The van der Waals surface area contributed by atoms with Gasteiger partial charge in [-0.15, -0.1) is 0 Å². The van der Waals surface area contributed by atoms with Gasteiger partial charge in [0.1, 0.15) is 11.2 Å². The van der Waals surface area contributed by atoms with E-state index in [-0.39, 0.29) is 5.41 Å². The molecule has 12 aromatic rings. The third-order valence-electron chi connectivity index (χ3n) is 13.6. The second kappa shape index (κ2) is 17.2. The Bertz CT molecular complexity index is 3810. The van der Waals surface area contributed by atoms with E-state index in [1.54, 1.807) is 0 Å². The zero-order chi connectivity index (χ0) is 46.5. The number of para-hydroxylation sites is 4. The summed E-state index contributed by atoms with van der Waals surface area (Å²) in [5.41, 5.74) is 16.7. The lowest BCUT2D eigenvalue weighted by Crippen LogP contribution is -2.13.